The van der Waals surface area contributed by atoms with Gasteiger partial charge < -0.3 is 10.4 Å². The Labute approximate surface area is 123 Å². The van der Waals surface area contributed by atoms with Crippen LogP contribution in [0.25, 0.3) is 0 Å². The molecule has 2 N–H and O–H groups in total. The molecule has 1 aliphatic carbocycles. The highest BCUT2D eigenvalue weighted by atomic mass is 32.1. The Bertz CT molecular complexity index is 511. The van der Waals surface area contributed by atoms with Gasteiger partial charge in [-0.1, -0.05) is 26.7 Å². The van der Waals surface area contributed by atoms with Crippen LogP contribution in [-0.2, 0) is 11.2 Å². The van der Waals surface area contributed by atoms with Crippen LogP contribution in [0.3, 0.4) is 0 Å². The van der Waals surface area contributed by atoms with Gasteiger partial charge in [0.15, 0.2) is 0 Å². The van der Waals surface area contributed by atoms with Gasteiger partial charge in [-0.25, -0.2) is 4.79 Å². The van der Waals surface area contributed by atoms with Crippen LogP contribution in [0.1, 0.15) is 54.8 Å². The molecule has 0 saturated heterocycles. The fraction of sp³-hybridized carbons (Fsp3) is 0.600. The Morgan fingerprint density at radius 1 is 1.50 bits per heavy atom. The molecule has 0 aromatic carbocycles. The SMILES string of the molecule is CCc1ccsc1C(=O)NC1(C(=O)O)CCCCC1C. The molecule has 1 aromatic heterocycles. The van der Waals surface area contributed by atoms with E-state index in [9.17, 15) is 14.7 Å². The number of aryl methyl sites for hydroxylation is 1. The monoisotopic (exact) mass is 295 g/mol. The molecule has 1 fully saturated rings. The molecule has 4 nitrogen and oxygen atoms in total. The first-order valence-corrected chi connectivity index (χ1v) is 8.01. The minimum absolute atomic E-state index is 0.0391. The summed E-state index contributed by atoms with van der Waals surface area (Å²) < 4.78 is 0. The van der Waals surface area contributed by atoms with Gasteiger partial charge in [0, 0.05) is 0 Å². The van der Waals surface area contributed by atoms with E-state index in [0.29, 0.717) is 11.3 Å². The molecule has 2 rings (SSSR count). The highest BCUT2D eigenvalue weighted by molar-refractivity contribution is 7.12. The minimum Gasteiger partial charge on any atom is -0.479 e. The van der Waals surface area contributed by atoms with E-state index in [2.05, 4.69) is 5.32 Å². The average molecular weight is 295 g/mol. The summed E-state index contributed by atoms with van der Waals surface area (Å²) in [6.45, 7) is 3.91. The molecule has 0 spiro atoms. The van der Waals surface area contributed by atoms with Gasteiger partial charge in [0.2, 0.25) is 0 Å². The Kier molecular flexibility index (Phi) is 4.48. The molecule has 20 heavy (non-hydrogen) atoms. The summed E-state index contributed by atoms with van der Waals surface area (Å²) in [4.78, 5) is 24.8. The summed E-state index contributed by atoms with van der Waals surface area (Å²) in [6, 6.07) is 1.93. The fourth-order valence-electron chi connectivity index (χ4n) is 2.98. The fourth-order valence-corrected chi connectivity index (χ4v) is 3.87. The zero-order valence-corrected chi connectivity index (χ0v) is 12.8. The molecular formula is C15H21NO3S. The second kappa shape index (κ2) is 5.95. The Morgan fingerprint density at radius 3 is 2.85 bits per heavy atom. The lowest BCUT2D eigenvalue weighted by Crippen LogP contribution is -2.60. The lowest BCUT2D eigenvalue weighted by atomic mass is 9.73. The minimum atomic E-state index is -1.11. The number of hydrogen-bond acceptors (Lipinski definition) is 3. The van der Waals surface area contributed by atoms with Gasteiger partial charge in [-0.05, 0) is 42.2 Å². The Morgan fingerprint density at radius 2 is 2.25 bits per heavy atom. The van der Waals surface area contributed by atoms with Crippen molar-refractivity contribution in [1.29, 1.82) is 0 Å². The third-order valence-corrected chi connectivity index (χ3v) is 5.31. The van der Waals surface area contributed by atoms with Crippen LogP contribution in [0.5, 0.6) is 0 Å². The van der Waals surface area contributed by atoms with E-state index in [4.69, 9.17) is 0 Å². The van der Waals surface area contributed by atoms with Crippen molar-refractivity contribution in [1.82, 2.24) is 5.32 Å². The van der Waals surface area contributed by atoms with Crippen LogP contribution in [0.4, 0.5) is 0 Å². The summed E-state index contributed by atoms with van der Waals surface area (Å²) in [6.07, 6.45) is 4.02. The van der Waals surface area contributed by atoms with E-state index in [1.54, 1.807) is 0 Å². The van der Waals surface area contributed by atoms with Gasteiger partial charge >= 0.3 is 5.97 Å². The molecule has 110 valence electrons. The standard InChI is InChI=1S/C15H21NO3S/c1-3-11-7-9-20-12(11)13(17)16-15(14(18)19)8-5-4-6-10(15)2/h7,9-10H,3-6,8H2,1-2H3,(H,16,17)(H,18,19). The highest BCUT2D eigenvalue weighted by Gasteiger charge is 2.46. The predicted octanol–water partition coefficient (Wildman–Crippen LogP) is 3.07. The summed E-state index contributed by atoms with van der Waals surface area (Å²) in [5.41, 5.74) is -0.124. The molecule has 0 aliphatic heterocycles. The summed E-state index contributed by atoms with van der Waals surface area (Å²) in [5, 5.41) is 14.3. The molecule has 5 heteroatoms. The van der Waals surface area contributed by atoms with Crippen LogP contribution in [-0.4, -0.2) is 22.5 Å². The molecule has 0 bridgehead atoms. The number of rotatable bonds is 4. The maximum Gasteiger partial charge on any atom is 0.329 e. The third kappa shape index (κ3) is 2.59. The number of nitrogens with one attached hydrogen (secondary N) is 1. The molecule has 0 radical (unpaired) electrons. The lowest BCUT2D eigenvalue weighted by molar-refractivity contribution is -0.148. The first-order valence-electron chi connectivity index (χ1n) is 7.13. The topological polar surface area (TPSA) is 66.4 Å². The van der Waals surface area contributed by atoms with Gasteiger partial charge in [0.1, 0.15) is 5.54 Å². The first-order chi connectivity index (χ1) is 9.51. The number of hydrogen-bond donors (Lipinski definition) is 2. The van der Waals surface area contributed by atoms with Gasteiger partial charge in [0.25, 0.3) is 5.91 Å². The first kappa shape index (κ1) is 15.0. The summed E-state index contributed by atoms with van der Waals surface area (Å²) in [5.74, 6) is -1.19. The van der Waals surface area contributed by atoms with E-state index in [0.717, 1.165) is 31.2 Å². The van der Waals surface area contributed by atoms with E-state index in [1.807, 2.05) is 25.3 Å². The number of thiophene rings is 1. The highest BCUT2D eigenvalue weighted by Crippen LogP contribution is 2.34. The largest absolute Gasteiger partial charge is 0.479 e. The molecular weight excluding hydrogens is 274 g/mol. The maximum absolute atomic E-state index is 12.4. The van der Waals surface area contributed by atoms with Crippen LogP contribution < -0.4 is 5.32 Å². The molecule has 1 aliphatic rings. The zero-order chi connectivity index (χ0) is 14.8. The van der Waals surface area contributed by atoms with Crippen molar-refractivity contribution in [2.75, 3.05) is 0 Å². The molecule has 1 saturated carbocycles. The number of carboxylic acid groups (broad SMARTS) is 1. The molecule has 2 unspecified atom stereocenters. The van der Waals surface area contributed by atoms with Crippen molar-refractivity contribution in [3.05, 3.63) is 21.9 Å². The van der Waals surface area contributed by atoms with E-state index in [-0.39, 0.29) is 11.8 Å². The van der Waals surface area contributed by atoms with Crippen LogP contribution >= 0.6 is 11.3 Å². The zero-order valence-electron chi connectivity index (χ0n) is 11.9. The van der Waals surface area contributed by atoms with Crippen LogP contribution in [0.15, 0.2) is 11.4 Å². The molecule has 1 amide bonds. The van der Waals surface area contributed by atoms with Crippen molar-refractivity contribution in [2.45, 2.75) is 51.5 Å². The van der Waals surface area contributed by atoms with E-state index in [1.165, 1.54) is 11.3 Å². The molecule has 1 heterocycles. The van der Waals surface area contributed by atoms with Crippen molar-refractivity contribution in [2.24, 2.45) is 5.92 Å². The average Bonchev–Trinajstić information content (AvgIpc) is 2.89. The number of carbonyl (C=O) groups excluding carboxylic acids is 1. The van der Waals surface area contributed by atoms with Gasteiger partial charge in [-0.3, -0.25) is 4.79 Å². The summed E-state index contributed by atoms with van der Waals surface area (Å²) in [7, 11) is 0. The Hall–Kier alpha value is -1.36. The third-order valence-electron chi connectivity index (χ3n) is 4.35. The predicted molar refractivity (Wildman–Crippen MR) is 79.2 cm³/mol. The van der Waals surface area contributed by atoms with Gasteiger partial charge in [-0.15, -0.1) is 11.3 Å². The van der Waals surface area contributed by atoms with Crippen LogP contribution in [0, 0.1) is 5.92 Å². The molecule has 2 atom stereocenters. The number of carboxylic acids is 1. The van der Waals surface area contributed by atoms with Crippen LogP contribution in [0.2, 0.25) is 0 Å². The van der Waals surface area contributed by atoms with E-state index >= 15 is 0 Å². The smallest absolute Gasteiger partial charge is 0.329 e. The van der Waals surface area contributed by atoms with Gasteiger partial charge in [-0.2, -0.15) is 0 Å². The van der Waals surface area contributed by atoms with Crippen molar-refractivity contribution in [3.8, 4) is 0 Å². The number of carbonyl (C=O) groups is 2. The quantitative estimate of drug-likeness (QED) is 0.897. The van der Waals surface area contributed by atoms with Gasteiger partial charge in [0.05, 0.1) is 4.88 Å². The van der Waals surface area contributed by atoms with Crippen molar-refractivity contribution in [3.63, 3.8) is 0 Å². The molecule has 1 aromatic rings. The Balaban J connectivity index is 2.25. The van der Waals surface area contributed by atoms with Crippen molar-refractivity contribution < 1.29 is 14.7 Å². The second-order valence-electron chi connectivity index (χ2n) is 5.51. The maximum atomic E-state index is 12.4. The normalized spacial score (nSPS) is 26.2. The second-order valence-corrected chi connectivity index (χ2v) is 6.42. The number of aliphatic carboxylic acids is 1. The lowest BCUT2D eigenvalue weighted by Gasteiger charge is -2.39. The van der Waals surface area contributed by atoms with E-state index < -0.39 is 11.5 Å². The number of amides is 1. The van der Waals surface area contributed by atoms with Crippen molar-refractivity contribution >= 4 is 23.2 Å². The summed E-state index contributed by atoms with van der Waals surface area (Å²) >= 11 is 1.38.